The Labute approximate surface area is 197 Å². The van der Waals surface area contributed by atoms with Crippen LogP contribution in [0.5, 0.6) is 0 Å². The number of nitrogens with one attached hydrogen (secondary N) is 1. The van der Waals surface area contributed by atoms with Gasteiger partial charge in [0, 0.05) is 30.1 Å². The first-order valence-electron chi connectivity index (χ1n) is 11.2. The van der Waals surface area contributed by atoms with Crippen molar-refractivity contribution in [3.05, 3.63) is 90.0 Å². The molecule has 170 valence electrons. The highest BCUT2D eigenvalue weighted by Crippen LogP contribution is 2.28. The van der Waals surface area contributed by atoms with E-state index in [0.29, 0.717) is 29.0 Å². The Morgan fingerprint density at radius 1 is 1.09 bits per heavy atom. The van der Waals surface area contributed by atoms with Crippen molar-refractivity contribution in [2.75, 3.05) is 5.32 Å². The van der Waals surface area contributed by atoms with Gasteiger partial charge in [-0.3, -0.25) is 14.5 Å². The Hall–Kier alpha value is -4.33. The highest BCUT2D eigenvalue weighted by Gasteiger charge is 2.20. The zero-order chi connectivity index (χ0) is 23.7. The summed E-state index contributed by atoms with van der Waals surface area (Å²) in [4.78, 5) is 22.6. The number of aromatic nitrogens is 6. The molecule has 8 nitrogen and oxygen atoms in total. The van der Waals surface area contributed by atoms with E-state index in [9.17, 15) is 4.79 Å². The van der Waals surface area contributed by atoms with E-state index in [2.05, 4.69) is 20.5 Å². The van der Waals surface area contributed by atoms with Crippen LogP contribution in [0.3, 0.4) is 0 Å². The van der Waals surface area contributed by atoms with Crippen LogP contribution in [0.25, 0.3) is 22.3 Å². The SMILES string of the molecule is Cc1ccccc1-c1cc(C(=O)Nc2ccn(Cc3ccccn3)n2)c2cnn(C(C)C)c2n1. The molecule has 0 aliphatic heterocycles. The first-order chi connectivity index (χ1) is 16.5. The van der Waals surface area contributed by atoms with Gasteiger partial charge in [0.1, 0.15) is 0 Å². The summed E-state index contributed by atoms with van der Waals surface area (Å²) in [6.07, 6.45) is 5.28. The predicted octanol–water partition coefficient (Wildman–Crippen LogP) is 4.88. The van der Waals surface area contributed by atoms with E-state index >= 15 is 0 Å². The standard InChI is InChI=1S/C26H25N7O/c1-17(2)33-25-22(15-28-33)21(14-23(29-25)20-10-5-4-8-18(20)3)26(34)30-24-11-13-32(31-24)16-19-9-6-7-12-27-19/h4-15,17H,16H2,1-3H3,(H,30,31,34). The van der Waals surface area contributed by atoms with E-state index < -0.39 is 0 Å². The molecule has 0 fully saturated rings. The fourth-order valence-corrected chi connectivity index (χ4v) is 3.94. The number of pyridine rings is 2. The maximum absolute atomic E-state index is 13.4. The highest BCUT2D eigenvalue weighted by molar-refractivity contribution is 6.12. The van der Waals surface area contributed by atoms with Gasteiger partial charge >= 0.3 is 0 Å². The predicted molar refractivity (Wildman–Crippen MR) is 132 cm³/mol. The van der Waals surface area contributed by atoms with Gasteiger partial charge in [0.25, 0.3) is 5.91 Å². The van der Waals surface area contributed by atoms with Gasteiger partial charge < -0.3 is 5.32 Å². The van der Waals surface area contributed by atoms with Crippen LogP contribution in [-0.4, -0.2) is 35.4 Å². The maximum atomic E-state index is 13.4. The first kappa shape index (κ1) is 21.5. The van der Waals surface area contributed by atoms with Crippen LogP contribution < -0.4 is 5.32 Å². The second kappa shape index (κ2) is 8.90. The molecule has 0 atom stereocenters. The zero-order valence-corrected chi connectivity index (χ0v) is 19.3. The molecule has 4 aromatic heterocycles. The Kier molecular flexibility index (Phi) is 5.63. The van der Waals surface area contributed by atoms with E-state index in [1.807, 2.05) is 80.2 Å². The molecule has 5 aromatic rings. The van der Waals surface area contributed by atoms with Crippen molar-refractivity contribution in [1.82, 2.24) is 29.5 Å². The lowest BCUT2D eigenvalue weighted by Crippen LogP contribution is -2.14. The number of amides is 1. The van der Waals surface area contributed by atoms with Gasteiger partial charge in [0.2, 0.25) is 0 Å². The summed E-state index contributed by atoms with van der Waals surface area (Å²) in [6, 6.07) is 17.5. The van der Waals surface area contributed by atoms with Crippen molar-refractivity contribution in [2.24, 2.45) is 0 Å². The maximum Gasteiger partial charge on any atom is 0.257 e. The normalized spacial score (nSPS) is 11.3. The molecule has 1 aromatic carbocycles. The third-order valence-electron chi connectivity index (χ3n) is 5.65. The third kappa shape index (κ3) is 4.17. The molecule has 1 N–H and O–H groups in total. The summed E-state index contributed by atoms with van der Waals surface area (Å²) in [5.74, 6) is 0.216. The van der Waals surface area contributed by atoms with Crippen LogP contribution in [0.4, 0.5) is 5.82 Å². The Balaban J connectivity index is 1.50. The van der Waals surface area contributed by atoms with Gasteiger partial charge in [-0.15, -0.1) is 0 Å². The molecule has 0 unspecified atom stereocenters. The number of nitrogens with zero attached hydrogens (tertiary/aromatic N) is 6. The van der Waals surface area contributed by atoms with Crippen molar-refractivity contribution in [1.29, 1.82) is 0 Å². The minimum absolute atomic E-state index is 0.107. The summed E-state index contributed by atoms with van der Waals surface area (Å²) >= 11 is 0. The van der Waals surface area contributed by atoms with Crippen LogP contribution in [0, 0.1) is 6.92 Å². The van der Waals surface area contributed by atoms with Gasteiger partial charge in [-0.25, -0.2) is 9.67 Å². The van der Waals surface area contributed by atoms with Crippen LogP contribution in [0.1, 0.15) is 41.5 Å². The lowest BCUT2D eigenvalue weighted by Gasteiger charge is -2.11. The summed E-state index contributed by atoms with van der Waals surface area (Å²) in [6.45, 7) is 6.65. The molecule has 4 heterocycles. The lowest BCUT2D eigenvalue weighted by molar-refractivity contribution is 0.102. The van der Waals surface area contributed by atoms with Crippen LogP contribution >= 0.6 is 0 Å². The second-order valence-corrected chi connectivity index (χ2v) is 8.46. The molecule has 8 heteroatoms. The number of aryl methyl sites for hydroxylation is 1. The highest BCUT2D eigenvalue weighted by atomic mass is 16.1. The molecule has 0 radical (unpaired) electrons. The van der Waals surface area contributed by atoms with Crippen LogP contribution in [0.15, 0.2) is 73.2 Å². The van der Waals surface area contributed by atoms with Gasteiger partial charge in [0.05, 0.1) is 35.1 Å². The van der Waals surface area contributed by atoms with Crippen molar-refractivity contribution < 1.29 is 4.79 Å². The number of rotatable bonds is 6. The Morgan fingerprint density at radius 2 is 1.91 bits per heavy atom. The van der Waals surface area contributed by atoms with Crippen molar-refractivity contribution in [2.45, 2.75) is 33.4 Å². The van der Waals surface area contributed by atoms with Crippen LogP contribution in [-0.2, 0) is 6.54 Å². The lowest BCUT2D eigenvalue weighted by atomic mass is 10.0. The van der Waals surface area contributed by atoms with Gasteiger partial charge in [-0.05, 0) is 44.5 Å². The molecule has 1 amide bonds. The van der Waals surface area contributed by atoms with Gasteiger partial charge in [-0.2, -0.15) is 10.2 Å². The van der Waals surface area contributed by atoms with E-state index in [4.69, 9.17) is 4.98 Å². The van der Waals surface area contributed by atoms with E-state index in [-0.39, 0.29) is 11.9 Å². The monoisotopic (exact) mass is 451 g/mol. The molecule has 0 spiro atoms. The minimum Gasteiger partial charge on any atom is -0.305 e. The summed E-state index contributed by atoms with van der Waals surface area (Å²) in [5.41, 5.74) is 4.89. The average Bonchev–Trinajstić information content (AvgIpc) is 3.46. The molecule has 5 rings (SSSR count). The third-order valence-corrected chi connectivity index (χ3v) is 5.65. The zero-order valence-electron chi connectivity index (χ0n) is 19.3. The van der Waals surface area contributed by atoms with Gasteiger partial charge in [0.15, 0.2) is 11.5 Å². The molecule has 0 aliphatic rings. The van der Waals surface area contributed by atoms with Crippen molar-refractivity contribution in [3.8, 4) is 11.3 Å². The average molecular weight is 452 g/mol. The fourth-order valence-electron chi connectivity index (χ4n) is 3.94. The number of fused-ring (bicyclic) bond motifs is 1. The fraction of sp³-hybridized carbons (Fsp3) is 0.192. The molecule has 0 saturated carbocycles. The second-order valence-electron chi connectivity index (χ2n) is 8.46. The first-order valence-corrected chi connectivity index (χ1v) is 11.2. The molecule has 0 saturated heterocycles. The van der Waals surface area contributed by atoms with E-state index in [0.717, 1.165) is 22.5 Å². The topological polar surface area (TPSA) is 90.5 Å². The van der Waals surface area contributed by atoms with Gasteiger partial charge in [-0.1, -0.05) is 30.3 Å². The molecule has 34 heavy (non-hydrogen) atoms. The number of benzene rings is 1. The van der Waals surface area contributed by atoms with E-state index in [1.54, 1.807) is 23.1 Å². The van der Waals surface area contributed by atoms with Crippen molar-refractivity contribution >= 4 is 22.8 Å². The minimum atomic E-state index is -0.256. The summed E-state index contributed by atoms with van der Waals surface area (Å²) in [7, 11) is 0. The quantitative estimate of drug-likeness (QED) is 0.397. The van der Waals surface area contributed by atoms with Crippen LogP contribution in [0.2, 0.25) is 0 Å². The Bertz CT molecular complexity index is 1470. The van der Waals surface area contributed by atoms with Crippen molar-refractivity contribution in [3.63, 3.8) is 0 Å². The summed E-state index contributed by atoms with van der Waals surface area (Å²) in [5, 5.41) is 12.6. The number of hydrogen-bond acceptors (Lipinski definition) is 5. The number of hydrogen-bond donors (Lipinski definition) is 1. The molecular formula is C26H25N7O. The molecular weight excluding hydrogens is 426 g/mol. The molecule has 0 bridgehead atoms. The number of carbonyl (C=O) groups is 1. The molecule has 0 aliphatic carbocycles. The summed E-state index contributed by atoms with van der Waals surface area (Å²) < 4.78 is 3.59. The Morgan fingerprint density at radius 3 is 2.68 bits per heavy atom. The smallest absolute Gasteiger partial charge is 0.257 e. The number of carbonyl (C=O) groups excluding carboxylic acids is 1. The largest absolute Gasteiger partial charge is 0.305 e. The number of anilines is 1. The van der Waals surface area contributed by atoms with E-state index in [1.165, 1.54) is 0 Å².